The number of nitrogen functional groups attached to an aromatic ring is 1. The Labute approximate surface area is 75.0 Å². The molecule has 0 aliphatic heterocycles. The van der Waals surface area contributed by atoms with E-state index in [4.69, 9.17) is 5.84 Å². The number of H-pyrrole nitrogens is 1. The minimum Gasteiger partial charge on any atom is -0.308 e. The maximum atomic E-state index is 5.19. The van der Waals surface area contributed by atoms with E-state index in [0.717, 1.165) is 11.1 Å². The Morgan fingerprint density at radius 1 is 1.23 bits per heavy atom. The zero-order chi connectivity index (χ0) is 9.10. The minimum atomic E-state index is 0.646. The summed E-state index contributed by atoms with van der Waals surface area (Å²) in [5.74, 6) is 5.83. The first kappa shape index (κ1) is 7.75. The van der Waals surface area contributed by atoms with Crippen molar-refractivity contribution in [1.29, 1.82) is 0 Å². The van der Waals surface area contributed by atoms with Crippen LogP contribution in [0, 0.1) is 0 Å². The maximum absolute atomic E-state index is 5.19. The third-order valence-electron chi connectivity index (χ3n) is 1.74. The van der Waals surface area contributed by atoms with Gasteiger partial charge in [-0.05, 0) is 12.1 Å². The van der Waals surface area contributed by atoms with Gasteiger partial charge in [-0.2, -0.15) is 5.10 Å². The van der Waals surface area contributed by atoms with E-state index in [9.17, 15) is 0 Å². The van der Waals surface area contributed by atoms with Crippen molar-refractivity contribution in [2.45, 2.75) is 0 Å². The van der Waals surface area contributed by atoms with Gasteiger partial charge in [0.2, 0.25) is 0 Å². The summed E-state index contributed by atoms with van der Waals surface area (Å²) < 4.78 is 0. The van der Waals surface area contributed by atoms with Crippen LogP contribution in [0.3, 0.4) is 0 Å². The fourth-order valence-corrected chi connectivity index (χ4v) is 1.06. The number of hydrogen-bond donors (Lipinski definition) is 3. The third kappa shape index (κ3) is 1.50. The van der Waals surface area contributed by atoms with E-state index in [-0.39, 0.29) is 0 Å². The van der Waals surface area contributed by atoms with Gasteiger partial charge in [0, 0.05) is 23.5 Å². The van der Waals surface area contributed by atoms with E-state index >= 15 is 0 Å². The minimum absolute atomic E-state index is 0.646. The van der Waals surface area contributed by atoms with Gasteiger partial charge in [0.05, 0.1) is 6.20 Å². The fraction of sp³-hybridized carbons (Fsp3) is 0. The van der Waals surface area contributed by atoms with Crippen LogP contribution in [0.25, 0.3) is 11.1 Å². The van der Waals surface area contributed by atoms with Gasteiger partial charge in [0.1, 0.15) is 5.82 Å². The number of nitrogens with zero attached hydrogens (tertiary/aromatic N) is 2. The van der Waals surface area contributed by atoms with Crippen molar-refractivity contribution in [3.8, 4) is 11.1 Å². The molecular weight excluding hydrogens is 166 g/mol. The quantitative estimate of drug-likeness (QED) is 0.465. The molecule has 0 saturated carbocycles. The molecule has 0 spiro atoms. The van der Waals surface area contributed by atoms with Crippen LogP contribution in [0.1, 0.15) is 0 Å². The second-order valence-electron chi connectivity index (χ2n) is 2.56. The van der Waals surface area contributed by atoms with Crippen molar-refractivity contribution in [3.63, 3.8) is 0 Å². The van der Waals surface area contributed by atoms with E-state index < -0.39 is 0 Å². The highest BCUT2D eigenvalue weighted by molar-refractivity contribution is 5.61. The molecule has 0 amide bonds. The van der Waals surface area contributed by atoms with Gasteiger partial charge in [-0.3, -0.25) is 5.10 Å². The van der Waals surface area contributed by atoms with Gasteiger partial charge in [-0.15, -0.1) is 0 Å². The van der Waals surface area contributed by atoms with Gasteiger partial charge in [0.25, 0.3) is 0 Å². The number of anilines is 1. The van der Waals surface area contributed by atoms with Gasteiger partial charge in [-0.25, -0.2) is 10.8 Å². The first-order valence-electron chi connectivity index (χ1n) is 3.82. The molecule has 2 aromatic rings. The number of nitrogens with two attached hydrogens (primary N) is 1. The van der Waals surface area contributed by atoms with Crippen LogP contribution in [0.5, 0.6) is 0 Å². The molecule has 13 heavy (non-hydrogen) atoms. The molecule has 0 radical (unpaired) electrons. The van der Waals surface area contributed by atoms with E-state index in [1.165, 1.54) is 0 Å². The summed E-state index contributed by atoms with van der Waals surface area (Å²) in [5, 5.41) is 6.59. The molecule has 5 heteroatoms. The normalized spacial score (nSPS) is 9.92. The smallest absolute Gasteiger partial charge is 0.139 e. The summed E-state index contributed by atoms with van der Waals surface area (Å²) in [5.41, 5.74) is 4.48. The van der Waals surface area contributed by atoms with Gasteiger partial charge >= 0.3 is 0 Å². The summed E-state index contributed by atoms with van der Waals surface area (Å²) in [6, 6.07) is 3.73. The van der Waals surface area contributed by atoms with Crippen molar-refractivity contribution in [3.05, 3.63) is 30.7 Å². The van der Waals surface area contributed by atoms with Crippen LogP contribution < -0.4 is 11.3 Å². The van der Waals surface area contributed by atoms with Crippen molar-refractivity contribution >= 4 is 5.82 Å². The molecule has 66 valence electrons. The largest absolute Gasteiger partial charge is 0.308 e. The van der Waals surface area contributed by atoms with E-state index in [2.05, 4.69) is 20.6 Å². The molecule has 5 nitrogen and oxygen atoms in total. The highest BCUT2D eigenvalue weighted by Gasteiger charge is 1.98. The van der Waals surface area contributed by atoms with Gasteiger partial charge < -0.3 is 5.43 Å². The molecule has 0 bridgehead atoms. The third-order valence-corrected chi connectivity index (χ3v) is 1.74. The van der Waals surface area contributed by atoms with E-state index in [1.807, 2.05) is 18.3 Å². The lowest BCUT2D eigenvalue weighted by Crippen LogP contribution is -2.07. The lowest BCUT2D eigenvalue weighted by Gasteiger charge is -1.99. The molecule has 0 fully saturated rings. The monoisotopic (exact) mass is 175 g/mol. The number of pyridine rings is 1. The molecule has 0 unspecified atom stereocenters. The Kier molecular flexibility index (Phi) is 1.93. The Morgan fingerprint density at radius 2 is 2.15 bits per heavy atom. The van der Waals surface area contributed by atoms with Crippen LogP contribution in [0.2, 0.25) is 0 Å². The van der Waals surface area contributed by atoms with Gasteiger partial charge in [0.15, 0.2) is 0 Å². The highest BCUT2D eigenvalue weighted by Crippen LogP contribution is 2.16. The summed E-state index contributed by atoms with van der Waals surface area (Å²) in [7, 11) is 0. The molecule has 2 aromatic heterocycles. The average Bonchev–Trinajstić information content (AvgIpc) is 2.71. The van der Waals surface area contributed by atoms with Crippen LogP contribution in [-0.2, 0) is 0 Å². The zero-order valence-corrected chi connectivity index (χ0v) is 6.86. The Morgan fingerprint density at radius 3 is 2.69 bits per heavy atom. The standard InChI is InChI=1S/C8H9N5/c9-13-8-2-1-6(3-10-8)7-4-11-12-5-7/h1-5H,9H2,(H,10,13)(H,11,12). The summed E-state index contributed by atoms with van der Waals surface area (Å²) >= 11 is 0. The molecule has 2 rings (SSSR count). The fourth-order valence-electron chi connectivity index (χ4n) is 1.06. The second-order valence-corrected chi connectivity index (χ2v) is 2.56. The first-order chi connectivity index (χ1) is 6.40. The van der Waals surface area contributed by atoms with Crippen molar-refractivity contribution in [2.24, 2.45) is 5.84 Å². The van der Waals surface area contributed by atoms with Crippen molar-refractivity contribution < 1.29 is 0 Å². The van der Waals surface area contributed by atoms with Crippen molar-refractivity contribution in [1.82, 2.24) is 15.2 Å². The van der Waals surface area contributed by atoms with Crippen LogP contribution in [0.4, 0.5) is 5.82 Å². The van der Waals surface area contributed by atoms with Crippen LogP contribution in [0.15, 0.2) is 30.7 Å². The molecule has 2 heterocycles. The van der Waals surface area contributed by atoms with Crippen LogP contribution in [-0.4, -0.2) is 15.2 Å². The Bertz CT molecular complexity index is 364. The average molecular weight is 175 g/mol. The summed E-state index contributed by atoms with van der Waals surface area (Å²) in [4.78, 5) is 4.08. The number of aromatic nitrogens is 3. The van der Waals surface area contributed by atoms with E-state index in [0.29, 0.717) is 5.82 Å². The van der Waals surface area contributed by atoms with Crippen molar-refractivity contribution in [2.75, 3.05) is 5.43 Å². The number of hydrazine groups is 1. The predicted molar refractivity (Wildman–Crippen MR) is 49.6 cm³/mol. The summed E-state index contributed by atoms with van der Waals surface area (Å²) in [6.45, 7) is 0. The Hall–Kier alpha value is -1.88. The number of hydrogen-bond acceptors (Lipinski definition) is 4. The number of nitrogens with one attached hydrogen (secondary N) is 2. The molecule has 0 aliphatic rings. The highest BCUT2D eigenvalue weighted by atomic mass is 15.2. The molecule has 0 aliphatic carbocycles. The lowest BCUT2D eigenvalue weighted by molar-refractivity contribution is 1.09. The molecular formula is C8H9N5. The van der Waals surface area contributed by atoms with Crippen LogP contribution >= 0.6 is 0 Å². The second kappa shape index (κ2) is 3.24. The molecule has 0 saturated heterocycles. The number of rotatable bonds is 2. The Balaban J connectivity index is 2.33. The molecule has 0 atom stereocenters. The zero-order valence-electron chi connectivity index (χ0n) is 6.86. The number of aromatic amines is 1. The lowest BCUT2D eigenvalue weighted by atomic mass is 10.2. The van der Waals surface area contributed by atoms with Gasteiger partial charge in [-0.1, -0.05) is 0 Å². The first-order valence-corrected chi connectivity index (χ1v) is 3.82. The SMILES string of the molecule is NNc1ccc(-c2cn[nH]c2)cn1. The summed E-state index contributed by atoms with van der Waals surface area (Å²) in [6.07, 6.45) is 5.29. The van der Waals surface area contributed by atoms with E-state index in [1.54, 1.807) is 12.4 Å². The predicted octanol–water partition coefficient (Wildman–Crippen LogP) is 0.757. The maximum Gasteiger partial charge on any atom is 0.139 e. The molecule has 4 N–H and O–H groups in total. The molecule has 0 aromatic carbocycles. The topological polar surface area (TPSA) is 79.6 Å².